The highest BCUT2D eigenvalue weighted by molar-refractivity contribution is 14.0. The van der Waals surface area contributed by atoms with E-state index in [-0.39, 0.29) is 30.0 Å². The maximum Gasteiger partial charge on any atom is 0.191 e. The van der Waals surface area contributed by atoms with E-state index >= 15 is 0 Å². The van der Waals surface area contributed by atoms with Crippen LogP contribution >= 0.6 is 24.0 Å². The maximum atomic E-state index is 5.37. The third-order valence-corrected chi connectivity index (χ3v) is 4.28. The Bertz CT molecular complexity index is 445. The van der Waals surface area contributed by atoms with Gasteiger partial charge >= 0.3 is 0 Å². The van der Waals surface area contributed by atoms with Gasteiger partial charge in [0, 0.05) is 32.7 Å². The van der Waals surface area contributed by atoms with Crippen LogP contribution in [0.2, 0.25) is 0 Å². The Morgan fingerprint density at radius 3 is 2.83 bits per heavy atom. The molecule has 0 bridgehead atoms. The van der Waals surface area contributed by atoms with Crippen LogP contribution in [0.25, 0.3) is 0 Å². The highest BCUT2D eigenvalue weighted by Crippen LogP contribution is 2.23. The normalized spacial score (nSPS) is 17.2. The Hall–Kier alpha value is -0.760. The molecule has 1 atom stereocenters. The lowest BCUT2D eigenvalue weighted by Crippen LogP contribution is -2.44. The molecule has 1 aliphatic rings. The van der Waals surface area contributed by atoms with Crippen molar-refractivity contribution in [3.63, 3.8) is 0 Å². The monoisotopic (exact) mass is 449 g/mol. The number of guanidine groups is 1. The van der Waals surface area contributed by atoms with Gasteiger partial charge in [-0.1, -0.05) is 19.3 Å². The van der Waals surface area contributed by atoms with E-state index in [1.807, 2.05) is 12.1 Å². The van der Waals surface area contributed by atoms with Gasteiger partial charge in [0.05, 0.1) is 12.9 Å². The molecule has 0 spiro atoms. The Morgan fingerprint density at radius 2 is 2.17 bits per heavy atom. The number of aliphatic imine (C=N–C) groups is 1. The molecular weight excluding hydrogens is 417 g/mol. The Kier molecular flexibility index (Phi) is 11.2. The molecule has 1 unspecified atom stereocenters. The van der Waals surface area contributed by atoms with E-state index in [1.165, 1.54) is 32.1 Å². The summed E-state index contributed by atoms with van der Waals surface area (Å²) < 4.78 is 10.6. The van der Waals surface area contributed by atoms with Gasteiger partial charge in [-0.05, 0) is 37.8 Å². The molecule has 2 N–H and O–H groups in total. The molecule has 1 fully saturated rings. The number of methoxy groups -OCH3 is 1. The van der Waals surface area contributed by atoms with Gasteiger partial charge in [0.15, 0.2) is 5.96 Å². The minimum atomic E-state index is 0. The molecule has 0 aromatic carbocycles. The zero-order valence-electron chi connectivity index (χ0n) is 14.9. The molecule has 1 aliphatic carbocycles. The van der Waals surface area contributed by atoms with Crippen molar-refractivity contribution in [1.82, 2.24) is 10.6 Å². The Balaban J connectivity index is 0.00000288. The Labute approximate surface area is 163 Å². The molecule has 24 heavy (non-hydrogen) atoms. The van der Waals surface area contributed by atoms with Gasteiger partial charge in [0.1, 0.15) is 5.76 Å². The fourth-order valence-electron chi connectivity index (χ4n) is 3.03. The summed E-state index contributed by atoms with van der Waals surface area (Å²) in [4.78, 5) is 4.80. The van der Waals surface area contributed by atoms with Crippen molar-refractivity contribution in [3.8, 4) is 0 Å². The molecule has 1 saturated carbocycles. The van der Waals surface area contributed by atoms with E-state index in [0.717, 1.165) is 37.1 Å². The fraction of sp³-hybridized carbons (Fsp3) is 0.722. The van der Waals surface area contributed by atoms with Gasteiger partial charge in [-0.25, -0.2) is 0 Å². The van der Waals surface area contributed by atoms with Crippen LogP contribution in [0.1, 0.15) is 44.8 Å². The van der Waals surface area contributed by atoms with Gasteiger partial charge in [-0.15, -0.1) is 24.0 Å². The lowest BCUT2D eigenvalue weighted by atomic mass is 9.89. The van der Waals surface area contributed by atoms with Gasteiger partial charge in [-0.2, -0.15) is 0 Å². The third kappa shape index (κ3) is 8.37. The molecule has 0 amide bonds. The summed E-state index contributed by atoms with van der Waals surface area (Å²) in [5, 5.41) is 6.83. The first-order valence-electron chi connectivity index (χ1n) is 8.84. The van der Waals surface area contributed by atoms with Crippen LogP contribution < -0.4 is 10.6 Å². The van der Waals surface area contributed by atoms with E-state index < -0.39 is 0 Å². The van der Waals surface area contributed by atoms with Crippen LogP contribution in [0.15, 0.2) is 27.8 Å². The van der Waals surface area contributed by atoms with E-state index in [9.17, 15) is 0 Å². The standard InChI is InChI=1S/C18H31N3O2.HI/c1-15(14-22-2)21-18(19-11-10-17-9-6-12-23-17)20-13-16-7-4-3-5-8-16;/h6,9,12,15-16H,3-5,7-8,10-11,13-14H2,1-2H3,(H2,19,20,21);1H. The van der Waals surface area contributed by atoms with Crippen molar-refractivity contribution in [2.45, 2.75) is 51.5 Å². The second-order valence-corrected chi connectivity index (χ2v) is 6.45. The number of nitrogens with one attached hydrogen (secondary N) is 2. The lowest BCUT2D eigenvalue weighted by Gasteiger charge is -2.21. The minimum absolute atomic E-state index is 0. The predicted molar refractivity (Wildman–Crippen MR) is 109 cm³/mol. The first-order valence-corrected chi connectivity index (χ1v) is 8.84. The van der Waals surface area contributed by atoms with Crippen LogP contribution in [0.5, 0.6) is 0 Å². The highest BCUT2D eigenvalue weighted by Gasteiger charge is 2.13. The van der Waals surface area contributed by atoms with Crippen molar-refractivity contribution in [1.29, 1.82) is 0 Å². The number of ether oxygens (including phenoxy) is 1. The fourth-order valence-corrected chi connectivity index (χ4v) is 3.03. The van der Waals surface area contributed by atoms with Gasteiger partial charge in [0.2, 0.25) is 0 Å². The summed E-state index contributed by atoms with van der Waals surface area (Å²) in [5.41, 5.74) is 0. The number of furan rings is 1. The van der Waals surface area contributed by atoms with Crippen molar-refractivity contribution in [2.24, 2.45) is 10.9 Å². The average molecular weight is 449 g/mol. The predicted octanol–water partition coefficient (Wildman–Crippen LogP) is 3.59. The smallest absolute Gasteiger partial charge is 0.191 e. The molecule has 2 rings (SSSR count). The molecule has 1 aromatic rings. The van der Waals surface area contributed by atoms with Crippen LogP contribution in [0.4, 0.5) is 0 Å². The van der Waals surface area contributed by atoms with Crippen molar-refractivity contribution in [2.75, 3.05) is 26.8 Å². The van der Waals surface area contributed by atoms with Crippen molar-refractivity contribution in [3.05, 3.63) is 24.2 Å². The summed E-state index contributed by atoms with van der Waals surface area (Å²) in [6.45, 7) is 4.50. The zero-order chi connectivity index (χ0) is 16.3. The first kappa shape index (κ1) is 21.3. The second kappa shape index (κ2) is 12.6. The molecule has 1 heterocycles. The van der Waals surface area contributed by atoms with Crippen LogP contribution in [0.3, 0.4) is 0 Å². The molecule has 0 saturated heterocycles. The van der Waals surface area contributed by atoms with Crippen molar-refractivity contribution < 1.29 is 9.15 Å². The summed E-state index contributed by atoms with van der Waals surface area (Å²) in [6, 6.07) is 4.16. The highest BCUT2D eigenvalue weighted by atomic mass is 127. The molecule has 0 aliphatic heterocycles. The number of rotatable bonds is 8. The minimum Gasteiger partial charge on any atom is -0.469 e. The van der Waals surface area contributed by atoms with Gasteiger partial charge in [-0.3, -0.25) is 4.99 Å². The topological polar surface area (TPSA) is 58.8 Å². The molecule has 6 heteroatoms. The molecule has 0 radical (unpaired) electrons. The first-order chi connectivity index (χ1) is 11.3. The van der Waals surface area contributed by atoms with E-state index in [2.05, 4.69) is 17.6 Å². The lowest BCUT2D eigenvalue weighted by molar-refractivity contribution is 0.179. The Morgan fingerprint density at radius 1 is 1.38 bits per heavy atom. The van der Waals surface area contributed by atoms with E-state index in [0.29, 0.717) is 6.61 Å². The number of hydrogen-bond acceptors (Lipinski definition) is 3. The average Bonchev–Trinajstić information content (AvgIpc) is 3.07. The quantitative estimate of drug-likeness (QED) is 0.362. The number of nitrogens with zero attached hydrogens (tertiary/aromatic N) is 1. The van der Waals surface area contributed by atoms with Crippen LogP contribution in [-0.4, -0.2) is 38.8 Å². The summed E-state index contributed by atoms with van der Waals surface area (Å²) in [7, 11) is 1.72. The number of halogens is 1. The van der Waals surface area contributed by atoms with Crippen LogP contribution in [0, 0.1) is 5.92 Å². The largest absolute Gasteiger partial charge is 0.469 e. The summed E-state index contributed by atoms with van der Waals surface area (Å²) in [5.74, 6) is 2.62. The zero-order valence-corrected chi connectivity index (χ0v) is 17.3. The molecule has 5 nitrogen and oxygen atoms in total. The third-order valence-electron chi connectivity index (χ3n) is 4.28. The van der Waals surface area contributed by atoms with Gasteiger partial charge in [0.25, 0.3) is 0 Å². The van der Waals surface area contributed by atoms with Crippen LogP contribution in [-0.2, 0) is 11.2 Å². The number of hydrogen-bond donors (Lipinski definition) is 2. The van der Waals surface area contributed by atoms with E-state index in [1.54, 1.807) is 13.4 Å². The van der Waals surface area contributed by atoms with E-state index in [4.69, 9.17) is 14.1 Å². The molecule has 138 valence electrons. The van der Waals surface area contributed by atoms with Gasteiger partial charge < -0.3 is 19.8 Å². The molecular formula is C18H32IN3O2. The SMILES string of the molecule is COCC(C)NC(=NCC1CCCCC1)NCCc1ccco1.I. The second-order valence-electron chi connectivity index (χ2n) is 6.45. The summed E-state index contributed by atoms with van der Waals surface area (Å²) >= 11 is 0. The summed E-state index contributed by atoms with van der Waals surface area (Å²) in [6.07, 6.45) is 9.30. The molecule has 1 aromatic heterocycles. The van der Waals surface area contributed by atoms with Crippen molar-refractivity contribution >= 4 is 29.9 Å². The maximum absolute atomic E-state index is 5.37.